The molecule has 0 aromatic carbocycles. The third-order valence-corrected chi connectivity index (χ3v) is 4.40. The number of thiazole rings is 1. The van der Waals surface area contributed by atoms with Gasteiger partial charge < -0.3 is 5.32 Å². The van der Waals surface area contributed by atoms with E-state index in [1.807, 2.05) is 18.7 Å². The fourth-order valence-corrected chi connectivity index (χ4v) is 2.81. The molecule has 0 spiro atoms. The summed E-state index contributed by atoms with van der Waals surface area (Å²) < 4.78 is 1.94. The summed E-state index contributed by atoms with van der Waals surface area (Å²) in [4.78, 5) is 4.51. The summed E-state index contributed by atoms with van der Waals surface area (Å²) in [6, 6.07) is 0.280. The monoisotopic (exact) mass is 264 g/mol. The second-order valence-electron chi connectivity index (χ2n) is 4.70. The van der Waals surface area contributed by atoms with Crippen LogP contribution < -0.4 is 5.32 Å². The minimum Gasteiger partial charge on any atom is -0.304 e. The normalized spacial score (nSPS) is 12.9. The number of rotatable bonds is 4. The first-order valence-corrected chi connectivity index (χ1v) is 7.01. The minimum atomic E-state index is 0.280. The zero-order valence-corrected chi connectivity index (χ0v) is 12.4. The van der Waals surface area contributed by atoms with Gasteiger partial charge in [0.1, 0.15) is 5.01 Å². The Kier molecular flexibility index (Phi) is 3.82. The molecule has 18 heavy (non-hydrogen) atoms. The van der Waals surface area contributed by atoms with Crippen LogP contribution in [0.1, 0.15) is 40.6 Å². The number of hydrogen-bond acceptors (Lipinski definition) is 4. The van der Waals surface area contributed by atoms with Crippen molar-refractivity contribution in [3.8, 4) is 0 Å². The Bertz CT molecular complexity index is 541. The van der Waals surface area contributed by atoms with Crippen LogP contribution >= 0.6 is 11.3 Å². The quantitative estimate of drug-likeness (QED) is 0.923. The van der Waals surface area contributed by atoms with Crippen molar-refractivity contribution < 1.29 is 0 Å². The number of hydrogen-bond donors (Lipinski definition) is 1. The average Bonchev–Trinajstić information content (AvgIpc) is 2.83. The molecule has 0 amide bonds. The van der Waals surface area contributed by atoms with E-state index in [0.717, 1.165) is 22.9 Å². The molecule has 1 N–H and O–H groups in total. The first-order chi connectivity index (χ1) is 8.49. The Morgan fingerprint density at radius 2 is 2.11 bits per heavy atom. The lowest BCUT2D eigenvalue weighted by molar-refractivity contribution is 0.568. The van der Waals surface area contributed by atoms with Crippen molar-refractivity contribution in [1.29, 1.82) is 0 Å². The highest BCUT2D eigenvalue weighted by atomic mass is 32.1. The molecule has 2 rings (SSSR count). The zero-order valence-electron chi connectivity index (χ0n) is 11.6. The van der Waals surface area contributed by atoms with Gasteiger partial charge >= 0.3 is 0 Å². The van der Waals surface area contributed by atoms with Crippen molar-refractivity contribution in [2.24, 2.45) is 7.05 Å². The highest BCUT2D eigenvalue weighted by Gasteiger charge is 2.13. The van der Waals surface area contributed by atoms with Crippen molar-refractivity contribution in [3.63, 3.8) is 0 Å². The van der Waals surface area contributed by atoms with Gasteiger partial charge in [-0.1, -0.05) is 0 Å². The van der Waals surface area contributed by atoms with E-state index in [1.165, 1.54) is 11.3 Å². The van der Waals surface area contributed by atoms with Gasteiger partial charge in [0.15, 0.2) is 0 Å². The van der Waals surface area contributed by atoms with Crippen LogP contribution in [0, 0.1) is 20.8 Å². The van der Waals surface area contributed by atoms with E-state index >= 15 is 0 Å². The maximum Gasteiger partial charge on any atom is 0.110 e. The number of nitrogens with zero attached hydrogens (tertiary/aromatic N) is 3. The highest BCUT2D eigenvalue weighted by molar-refractivity contribution is 7.09. The second-order valence-corrected chi connectivity index (χ2v) is 5.59. The van der Waals surface area contributed by atoms with Crippen LogP contribution in [0.3, 0.4) is 0 Å². The number of nitrogens with one attached hydrogen (secondary N) is 1. The molecule has 0 aliphatic carbocycles. The van der Waals surface area contributed by atoms with Gasteiger partial charge in [0, 0.05) is 35.9 Å². The van der Waals surface area contributed by atoms with E-state index in [4.69, 9.17) is 0 Å². The third kappa shape index (κ3) is 2.62. The molecule has 4 nitrogen and oxygen atoms in total. The zero-order chi connectivity index (χ0) is 13.3. The summed E-state index contributed by atoms with van der Waals surface area (Å²) in [5, 5.41) is 11.2. The molecule has 1 atom stereocenters. The van der Waals surface area contributed by atoms with E-state index < -0.39 is 0 Å². The molecule has 0 aliphatic rings. The molecular formula is C13H20N4S. The van der Waals surface area contributed by atoms with Crippen LogP contribution in [0.25, 0.3) is 0 Å². The predicted octanol–water partition coefficient (Wildman–Crippen LogP) is 2.65. The molecule has 0 saturated carbocycles. The summed E-state index contributed by atoms with van der Waals surface area (Å²) >= 11 is 1.71. The Labute approximate surface area is 112 Å². The lowest BCUT2D eigenvalue weighted by Gasteiger charge is -2.11. The van der Waals surface area contributed by atoms with E-state index in [9.17, 15) is 0 Å². The van der Waals surface area contributed by atoms with Crippen molar-refractivity contribution in [3.05, 3.63) is 33.0 Å². The molecule has 0 radical (unpaired) electrons. The van der Waals surface area contributed by atoms with E-state index in [1.54, 1.807) is 11.3 Å². The summed E-state index contributed by atoms with van der Waals surface area (Å²) in [6.45, 7) is 9.18. The molecule has 2 heterocycles. The minimum absolute atomic E-state index is 0.280. The first kappa shape index (κ1) is 13.2. The largest absolute Gasteiger partial charge is 0.304 e. The number of aryl methyl sites for hydroxylation is 3. The molecule has 0 aliphatic heterocycles. The summed E-state index contributed by atoms with van der Waals surface area (Å²) in [5.74, 6) is 0. The first-order valence-electron chi connectivity index (χ1n) is 6.13. The fraction of sp³-hybridized carbons (Fsp3) is 0.538. The van der Waals surface area contributed by atoms with E-state index in [0.29, 0.717) is 0 Å². The Balaban J connectivity index is 2.03. The molecule has 1 unspecified atom stereocenters. The van der Waals surface area contributed by atoms with Crippen LogP contribution in [0.2, 0.25) is 0 Å². The van der Waals surface area contributed by atoms with Gasteiger partial charge in [-0.25, -0.2) is 4.98 Å². The molecule has 2 aromatic rings. The van der Waals surface area contributed by atoms with Gasteiger partial charge in [-0.05, 0) is 27.7 Å². The van der Waals surface area contributed by atoms with E-state index in [-0.39, 0.29) is 6.04 Å². The third-order valence-electron chi connectivity index (χ3n) is 3.25. The van der Waals surface area contributed by atoms with Crippen molar-refractivity contribution in [2.75, 3.05) is 0 Å². The summed E-state index contributed by atoms with van der Waals surface area (Å²) in [5.41, 5.74) is 4.71. The smallest absolute Gasteiger partial charge is 0.110 e. The van der Waals surface area contributed by atoms with Crippen LogP contribution in [0.5, 0.6) is 0 Å². The van der Waals surface area contributed by atoms with Gasteiger partial charge in [0.2, 0.25) is 0 Å². The van der Waals surface area contributed by atoms with Crippen LogP contribution in [0.15, 0.2) is 5.38 Å². The van der Waals surface area contributed by atoms with Crippen LogP contribution in [-0.2, 0) is 13.6 Å². The summed E-state index contributed by atoms with van der Waals surface area (Å²) in [7, 11) is 1.99. The van der Waals surface area contributed by atoms with Crippen molar-refractivity contribution >= 4 is 11.3 Å². The molecule has 0 bridgehead atoms. The topological polar surface area (TPSA) is 42.7 Å². The van der Waals surface area contributed by atoms with Gasteiger partial charge in [-0.2, -0.15) is 5.10 Å². The van der Waals surface area contributed by atoms with Gasteiger partial charge in [0.05, 0.1) is 11.7 Å². The SMILES string of the molecule is Cc1csc(C(C)NCc2c(C)nn(C)c2C)n1. The van der Waals surface area contributed by atoms with Crippen molar-refractivity contribution in [1.82, 2.24) is 20.1 Å². The lowest BCUT2D eigenvalue weighted by atomic mass is 10.2. The van der Waals surface area contributed by atoms with Crippen LogP contribution in [-0.4, -0.2) is 14.8 Å². The van der Waals surface area contributed by atoms with Gasteiger partial charge in [-0.15, -0.1) is 11.3 Å². The standard InChI is InChI=1S/C13H20N4S/c1-8-7-18-13(15-8)10(3)14-6-12-9(2)16-17(5)11(12)4/h7,10,14H,6H2,1-5H3. The fourth-order valence-electron chi connectivity index (χ4n) is 1.99. The highest BCUT2D eigenvalue weighted by Crippen LogP contribution is 2.19. The molecule has 98 valence electrons. The average molecular weight is 264 g/mol. The Morgan fingerprint density at radius 1 is 1.39 bits per heavy atom. The second kappa shape index (κ2) is 5.20. The summed E-state index contributed by atoms with van der Waals surface area (Å²) in [6.07, 6.45) is 0. The maximum atomic E-state index is 4.51. The molecule has 0 saturated heterocycles. The predicted molar refractivity (Wildman–Crippen MR) is 74.8 cm³/mol. The van der Waals surface area contributed by atoms with Gasteiger partial charge in [0.25, 0.3) is 0 Å². The van der Waals surface area contributed by atoms with E-state index in [2.05, 4.69) is 41.6 Å². The number of aromatic nitrogens is 3. The molecular weight excluding hydrogens is 244 g/mol. The van der Waals surface area contributed by atoms with Crippen molar-refractivity contribution in [2.45, 2.75) is 40.3 Å². The van der Waals surface area contributed by atoms with Crippen LogP contribution in [0.4, 0.5) is 0 Å². The molecule has 2 aromatic heterocycles. The Hall–Kier alpha value is -1.20. The molecule has 5 heteroatoms. The molecule has 0 fully saturated rings. The van der Waals surface area contributed by atoms with Gasteiger partial charge in [-0.3, -0.25) is 4.68 Å². The Morgan fingerprint density at radius 3 is 2.61 bits per heavy atom. The lowest BCUT2D eigenvalue weighted by Crippen LogP contribution is -2.18. The maximum absolute atomic E-state index is 4.51.